The van der Waals surface area contributed by atoms with Crippen molar-refractivity contribution in [2.45, 2.75) is 18.9 Å². The predicted molar refractivity (Wildman–Crippen MR) is 106 cm³/mol. The minimum Gasteiger partial charge on any atom is -0.383 e. The van der Waals surface area contributed by atoms with Crippen LogP contribution < -0.4 is 10.6 Å². The summed E-state index contributed by atoms with van der Waals surface area (Å²) in [5.41, 5.74) is 0.440. The number of methoxy groups -OCH3 is 1. The van der Waals surface area contributed by atoms with E-state index in [4.69, 9.17) is 27.9 Å². The maximum absolute atomic E-state index is 12.7. The number of likely N-dealkylation sites (tertiary alicyclic amines) is 1. The van der Waals surface area contributed by atoms with E-state index in [-0.39, 0.29) is 24.2 Å². The molecule has 1 unspecified atom stereocenters. The molecule has 0 bridgehead atoms. The fourth-order valence-electron chi connectivity index (χ4n) is 2.77. The summed E-state index contributed by atoms with van der Waals surface area (Å²) in [7, 11) is 1.64. The number of halogens is 3. The molecule has 1 fully saturated rings. The molecule has 1 aliphatic heterocycles. The van der Waals surface area contributed by atoms with Gasteiger partial charge in [-0.05, 0) is 31.0 Å². The van der Waals surface area contributed by atoms with Crippen LogP contribution in [0.2, 0.25) is 10.0 Å². The minimum atomic E-state index is -0.444. The van der Waals surface area contributed by atoms with Crippen LogP contribution in [0, 0.1) is 0 Å². The van der Waals surface area contributed by atoms with Gasteiger partial charge in [0.15, 0.2) is 0 Å². The minimum absolute atomic E-state index is 0. The van der Waals surface area contributed by atoms with Gasteiger partial charge in [-0.2, -0.15) is 0 Å². The quantitative estimate of drug-likeness (QED) is 0.629. The first-order chi connectivity index (χ1) is 12.0. The van der Waals surface area contributed by atoms with Crippen molar-refractivity contribution in [3.05, 3.63) is 33.8 Å². The third kappa shape index (κ3) is 6.28. The molecular formula is C17H24Cl3N3O3. The van der Waals surface area contributed by atoms with Gasteiger partial charge in [-0.15, -0.1) is 12.4 Å². The zero-order chi connectivity index (χ0) is 18.2. The standard InChI is InChI=1S/C17H23Cl2N3O3.ClH/c1-25-10-8-20-6-7-21-16(23)15-3-2-9-22(15)17(24)12-4-5-13(18)14(19)11-12;/h4-5,11,15,20H,2-3,6-10H2,1H3,(H,21,23);1H. The van der Waals surface area contributed by atoms with Gasteiger partial charge in [0.2, 0.25) is 5.91 Å². The van der Waals surface area contributed by atoms with Crippen LogP contribution in [0.3, 0.4) is 0 Å². The van der Waals surface area contributed by atoms with Gasteiger partial charge in [0.1, 0.15) is 6.04 Å². The molecule has 0 radical (unpaired) electrons. The highest BCUT2D eigenvalue weighted by molar-refractivity contribution is 6.42. The van der Waals surface area contributed by atoms with Crippen molar-refractivity contribution >= 4 is 47.4 Å². The number of ether oxygens (including phenoxy) is 1. The Hall–Kier alpha value is -1.05. The summed E-state index contributed by atoms with van der Waals surface area (Å²) < 4.78 is 4.94. The summed E-state index contributed by atoms with van der Waals surface area (Å²) in [6.07, 6.45) is 1.47. The Morgan fingerprint density at radius 3 is 2.69 bits per heavy atom. The Morgan fingerprint density at radius 1 is 1.23 bits per heavy atom. The van der Waals surface area contributed by atoms with E-state index in [2.05, 4.69) is 10.6 Å². The Balaban J connectivity index is 0.00000338. The molecule has 1 aromatic rings. The van der Waals surface area contributed by atoms with Crippen molar-refractivity contribution in [1.82, 2.24) is 15.5 Å². The number of nitrogens with zero attached hydrogens (tertiary/aromatic N) is 1. The second-order valence-corrected chi connectivity index (χ2v) is 6.63. The van der Waals surface area contributed by atoms with Gasteiger partial charge in [-0.25, -0.2) is 0 Å². The van der Waals surface area contributed by atoms with E-state index in [1.807, 2.05) is 0 Å². The van der Waals surface area contributed by atoms with Crippen molar-refractivity contribution in [3.8, 4) is 0 Å². The van der Waals surface area contributed by atoms with Gasteiger partial charge >= 0.3 is 0 Å². The summed E-state index contributed by atoms with van der Waals surface area (Å²) in [5.74, 6) is -0.325. The highest BCUT2D eigenvalue weighted by Crippen LogP contribution is 2.25. The monoisotopic (exact) mass is 423 g/mol. The number of carbonyl (C=O) groups excluding carboxylic acids is 2. The SMILES string of the molecule is COCCNCCNC(=O)C1CCCN1C(=O)c1ccc(Cl)c(Cl)c1.Cl. The third-order valence-corrected chi connectivity index (χ3v) is 4.81. The lowest BCUT2D eigenvalue weighted by Gasteiger charge is -2.24. The number of hydrogen-bond acceptors (Lipinski definition) is 4. The first kappa shape index (κ1) is 23.0. The van der Waals surface area contributed by atoms with Crippen LogP contribution >= 0.6 is 35.6 Å². The van der Waals surface area contributed by atoms with Crippen LogP contribution in [0.1, 0.15) is 23.2 Å². The van der Waals surface area contributed by atoms with Crippen LogP contribution in [-0.4, -0.2) is 62.7 Å². The topological polar surface area (TPSA) is 70.7 Å². The average molecular weight is 425 g/mol. The Labute approximate surface area is 169 Å². The van der Waals surface area contributed by atoms with Crippen LogP contribution in [0.15, 0.2) is 18.2 Å². The first-order valence-electron chi connectivity index (χ1n) is 8.28. The largest absolute Gasteiger partial charge is 0.383 e. The van der Waals surface area contributed by atoms with Gasteiger partial charge in [-0.1, -0.05) is 23.2 Å². The van der Waals surface area contributed by atoms with E-state index in [0.29, 0.717) is 48.3 Å². The number of hydrogen-bond donors (Lipinski definition) is 2. The second-order valence-electron chi connectivity index (χ2n) is 5.82. The maximum atomic E-state index is 12.7. The molecule has 2 amide bonds. The average Bonchev–Trinajstić information content (AvgIpc) is 3.09. The van der Waals surface area contributed by atoms with Crippen molar-refractivity contribution in [3.63, 3.8) is 0 Å². The van der Waals surface area contributed by atoms with E-state index < -0.39 is 6.04 Å². The highest BCUT2D eigenvalue weighted by atomic mass is 35.5. The molecular weight excluding hydrogens is 401 g/mol. The normalized spacial score (nSPS) is 16.3. The Bertz CT molecular complexity index is 616. The fraction of sp³-hybridized carbons (Fsp3) is 0.529. The van der Waals surface area contributed by atoms with Crippen molar-refractivity contribution < 1.29 is 14.3 Å². The second kappa shape index (κ2) is 11.6. The number of benzene rings is 1. The van der Waals surface area contributed by atoms with E-state index in [0.717, 1.165) is 13.0 Å². The number of carbonyl (C=O) groups is 2. The number of rotatable bonds is 8. The summed E-state index contributed by atoms with van der Waals surface area (Å²) in [4.78, 5) is 26.7. The molecule has 1 aromatic carbocycles. The van der Waals surface area contributed by atoms with Crippen LogP contribution in [0.4, 0.5) is 0 Å². The molecule has 9 heteroatoms. The molecule has 2 N–H and O–H groups in total. The maximum Gasteiger partial charge on any atom is 0.254 e. The molecule has 0 saturated carbocycles. The molecule has 1 atom stereocenters. The lowest BCUT2D eigenvalue weighted by Crippen LogP contribution is -2.47. The van der Waals surface area contributed by atoms with Gasteiger partial charge in [-0.3, -0.25) is 9.59 Å². The molecule has 26 heavy (non-hydrogen) atoms. The van der Waals surface area contributed by atoms with E-state index in [1.165, 1.54) is 0 Å². The van der Waals surface area contributed by atoms with Crippen molar-refractivity contribution in [2.75, 3.05) is 39.9 Å². The molecule has 0 spiro atoms. The van der Waals surface area contributed by atoms with E-state index >= 15 is 0 Å². The Kier molecular flexibility index (Phi) is 10.3. The Morgan fingerprint density at radius 2 is 2.00 bits per heavy atom. The molecule has 1 aliphatic rings. The molecule has 0 aliphatic carbocycles. The van der Waals surface area contributed by atoms with Gasteiger partial charge in [0.25, 0.3) is 5.91 Å². The zero-order valence-corrected chi connectivity index (χ0v) is 16.9. The van der Waals surface area contributed by atoms with Gasteiger partial charge in [0, 0.05) is 38.9 Å². The zero-order valence-electron chi connectivity index (χ0n) is 14.6. The molecule has 1 saturated heterocycles. The summed E-state index contributed by atoms with van der Waals surface area (Å²) in [6, 6.07) is 4.32. The van der Waals surface area contributed by atoms with Crippen molar-refractivity contribution in [1.29, 1.82) is 0 Å². The lowest BCUT2D eigenvalue weighted by molar-refractivity contribution is -0.124. The number of amides is 2. The predicted octanol–water partition coefficient (Wildman–Crippen LogP) is 2.37. The van der Waals surface area contributed by atoms with Crippen LogP contribution in [0.5, 0.6) is 0 Å². The van der Waals surface area contributed by atoms with Gasteiger partial charge < -0.3 is 20.3 Å². The van der Waals surface area contributed by atoms with Crippen LogP contribution in [-0.2, 0) is 9.53 Å². The molecule has 0 aromatic heterocycles. The molecule has 2 rings (SSSR count). The smallest absolute Gasteiger partial charge is 0.254 e. The van der Waals surface area contributed by atoms with E-state index in [9.17, 15) is 9.59 Å². The first-order valence-corrected chi connectivity index (χ1v) is 9.03. The fourth-order valence-corrected chi connectivity index (χ4v) is 3.07. The third-order valence-electron chi connectivity index (χ3n) is 4.07. The summed E-state index contributed by atoms with van der Waals surface area (Å²) >= 11 is 11.9. The highest BCUT2D eigenvalue weighted by Gasteiger charge is 2.34. The molecule has 1 heterocycles. The van der Waals surface area contributed by atoms with Crippen molar-refractivity contribution in [2.24, 2.45) is 0 Å². The lowest BCUT2D eigenvalue weighted by atomic mass is 10.1. The molecule has 6 nitrogen and oxygen atoms in total. The molecule has 146 valence electrons. The van der Waals surface area contributed by atoms with Crippen LogP contribution in [0.25, 0.3) is 0 Å². The van der Waals surface area contributed by atoms with Gasteiger partial charge in [0.05, 0.1) is 16.7 Å². The number of nitrogens with one attached hydrogen (secondary N) is 2. The van der Waals surface area contributed by atoms with E-state index in [1.54, 1.807) is 30.2 Å². The summed E-state index contributed by atoms with van der Waals surface area (Å²) in [6.45, 7) is 3.08. The summed E-state index contributed by atoms with van der Waals surface area (Å²) in [5, 5.41) is 6.76.